The van der Waals surface area contributed by atoms with Crippen LogP contribution in [0.15, 0.2) is 0 Å². The fourth-order valence-electron chi connectivity index (χ4n) is 2.95. The van der Waals surface area contributed by atoms with E-state index in [4.69, 9.17) is 0 Å². The molecule has 2 aliphatic rings. The van der Waals surface area contributed by atoms with Gasteiger partial charge in [-0.15, -0.1) is 0 Å². The molecule has 4 heteroatoms. The minimum absolute atomic E-state index is 0.248. The highest BCUT2D eigenvalue weighted by Crippen LogP contribution is 2.23. The fourth-order valence-corrected chi connectivity index (χ4v) is 2.95. The van der Waals surface area contributed by atoms with Gasteiger partial charge in [0.2, 0.25) is 0 Å². The van der Waals surface area contributed by atoms with Crippen LogP contribution in [-0.2, 0) is 4.79 Å². The molecule has 2 aliphatic heterocycles. The van der Waals surface area contributed by atoms with E-state index >= 15 is 0 Å². The van der Waals surface area contributed by atoms with E-state index in [1.54, 1.807) is 0 Å². The van der Waals surface area contributed by atoms with Crippen molar-refractivity contribution in [3.05, 3.63) is 0 Å². The van der Waals surface area contributed by atoms with Crippen molar-refractivity contribution in [2.24, 2.45) is 5.92 Å². The van der Waals surface area contributed by atoms with Crippen molar-refractivity contribution >= 4 is 5.97 Å². The third-order valence-electron chi connectivity index (χ3n) is 3.96. The van der Waals surface area contributed by atoms with E-state index in [1.807, 2.05) is 0 Å². The minimum Gasteiger partial charge on any atom is -0.480 e. The van der Waals surface area contributed by atoms with Crippen LogP contribution in [0.4, 0.5) is 0 Å². The summed E-state index contributed by atoms with van der Waals surface area (Å²) in [5.74, 6) is -0.345. The molecule has 92 valence electrons. The molecule has 0 aliphatic carbocycles. The SMILES string of the molecule is CC1CCN(CCN2CCCC2)C1C(=O)O. The molecule has 0 spiro atoms. The normalized spacial score (nSPS) is 32.3. The standard InChI is InChI=1S/C12H22N2O2/c1-10-4-7-14(11(10)12(15)16)9-8-13-5-2-3-6-13/h10-11H,2-9H2,1H3,(H,15,16). The predicted molar refractivity (Wildman–Crippen MR) is 62.5 cm³/mol. The number of rotatable bonds is 4. The molecule has 0 aromatic carbocycles. The van der Waals surface area contributed by atoms with Gasteiger partial charge in [-0.3, -0.25) is 9.69 Å². The van der Waals surface area contributed by atoms with Crippen LogP contribution < -0.4 is 0 Å². The highest BCUT2D eigenvalue weighted by molar-refractivity contribution is 5.74. The largest absolute Gasteiger partial charge is 0.480 e. The molecule has 0 radical (unpaired) electrons. The smallest absolute Gasteiger partial charge is 0.321 e. The van der Waals surface area contributed by atoms with Crippen LogP contribution in [-0.4, -0.2) is 59.6 Å². The Balaban J connectivity index is 1.81. The quantitative estimate of drug-likeness (QED) is 0.773. The van der Waals surface area contributed by atoms with Gasteiger partial charge in [-0.25, -0.2) is 0 Å². The molecule has 2 fully saturated rings. The molecular weight excluding hydrogens is 204 g/mol. The highest BCUT2D eigenvalue weighted by Gasteiger charge is 2.36. The fraction of sp³-hybridized carbons (Fsp3) is 0.917. The first kappa shape index (κ1) is 11.9. The minimum atomic E-state index is -0.647. The number of carbonyl (C=O) groups is 1. The van der Waals surface area contributed by atoms with Gasteiger partial charge >= 0.3 is 5.97 Å². The van der Waals surface area contributed by atoms with Crippen LogP contribution in [0.1, 0.15) is 26.2 Å². The van der Waals surface area contributed by atoms with Crippen LogP contribution in [0.5, 0.6) is 0 Å². The number of aliphatic carboxylic acids is 1. The van der Waals surface area contributed by atoms with Crippen LogP contribution in [0.2, 0.25) is 0 Å². The van der Waals surface area contributed by atoms with Gasteiger partial charge in [0, 0.05) is 13.1 Å². The number of hydrogen-bond donors (Lipinski definition) is 1. The summed E-state index contributed by atoms with van der Waals surface area (Å²) >= 11 is 0. The molecule has 0 bridgehead atoms. The second-order valence-corrected chi connectivity index (χ2v) is 5.13. The van der Waals surface area contributed by atoms with Crippen molar-refractivity contribution < 1.29 is 9.90 Å². The Hall–Kier alpha value is -0.610. The second-order valence-electron chi connectivity index (χ2n) is 5.13. The molecule has 0 aromatic rings. The van der Waals surface area contributed by atoms with E-state index in [0.29, 0.717) is 5.92 Å². The Morgan fingerprint density at radius 3 is 2.56 bits per heavy atom. The molecule has 2 heterocycles. The summed E-state index contributed by atoms with van der Waals surface area (Å²) in [6.07, 6.45) is 3.63. The second kappa shape index (κ2) is 5.15. The van der Waals surface area contributed by atoms with Crippen molar-refractivity contribution in [1.29, 1.82) is 0 Å². The highest BCUT2D eigenvalue weighted by atomic mass is 16.4. The zero-order chi connectivity index (χ0) is 11.5. The van der Waals surface area contributed by atoms with Crippen LogP contribution in [0, 0.1) is 5.92 Å². The number of hydrogen-bond acceptors (Lipinski definition) is 3. The van der Waals surface area contributed by atoms with Crippen molar-refractivity contribution in [3.63, 3.8) is 0 Å². The first-order valence-corrected chi connectivity index (χ1v) is 6.37. The molecule has 2 unspecified atom stereocenters. The van der Waals surface area contributed by atoms with Crippen LogP contribution in [0.25, 0.3) is 0 Å². The Morgan fingerprint density at radius 2 is 1.94 bits per heavy atom. The Morgan fingerprint density at radius 1 is 1.25 bits per heavy atom. The van der Waals surface area contributed by atoms with E-state index in [0.717, 1.165) is 26.1 Å². The lowest BCUT2D eigenvalue weighted by molar-refractivity contribution is -0.143. The van der Waals surface area contributed by atoms with Gasteiger partial charge in [-0.1, -0.05) is 6.92 Å². The monoisotopic (exact) mass is 226 g/mol. The van der Waals surface area contributed by atoms with E-state index < -0.39 is 5.97 Å². The maximum Gasteiger partial charge on any atom is 0.321 e. The Bertz CT molecular complexity index is 251. The summed E-state index contributed by atoms with van der Waals surface area (Å²) in [7, 11) is 0. The van der Waals surface area contributed by atoms with E-state index in [9.17, 15) is 9.90 Å². The number of carboxylic acids is 1. The zero-order valence-corrected chi connectivity index (χ0v) is 10.1. The van der Waals surface area contributed by atoms with Crippen molar-refractivity contribution in [2.45, 2.75) is 32.2 Å². The lowest BCUT2D eigenvalue weighted by Gasteiger charge is -2.25. The Labute approximate surface area is 97.2 Å². The average Bonchev–Trinajstić information content (AvgIpc) is 2.83. The number of nitrogens with zero attached hydrogens (tertiary/aromatic N) is 2. The van der Waals surface area contributed by atoms with Gasteiger partial charge < -0.3 is 10.0 Å². The number of carboxylic acid groups (broad SMARTS) is 1. The number of likely N-dealkylation sites (tertiary alicyclic amines) is 2. The first-order valence-electron chi connectivity index (χ1n) is 6.37. The van der Waals surface area contributed by atoms with Crippen molar-refractivity contribution in [3.8, 4) is 0 Å². The van der Waals surface area contributed by atoms with Gasteiger partial charge in [0.25, 0.3) is 0 Å². The molecular formula is C12H22N2O2. The van der Waals surface area contributed by atoms with Crippen LogP contribution >= 0.6 is 0 Å². The van der Waals surface area contributed by atoms with Gasteiger partial charge in [-0.2, -0.15) is 0 Å². The first-order chi connectivity index (χ1) is 7.68. The molecule has 0 amide bonds. The molecule has 2 atom stereocenters. The molecule has 0 saturated carbocycles. The third kappa shape index (κ3) is 2.55. The average molecular weight is 226 g/mol. The molecule has 4 nitrogen and oxygen atoms in total. The topological polar surface area (TPSA) is 43.8 Å². The lowest BCUT2D eigenvalue weighted by Crippen LogP contribution is -2.42. The summed E-state index contributed by atoms with van der Waals surface area (Å²) in [4.78, 5) is 15.8. The maximum absolute atomic E-state index is 11.2. The van der Waals surface area contributed by atoms with Gasteiger partial charge in [0.1, 0.15) is 6.04 Å². The van der Waals surface area contributed by atoms with Crippen molar-refractivity contribution in [2.75, 3.05) is 32.7 Å². The maximum atomic E-state index is 11.2. The summed E-state index contributed by atoms with van der Waals surface area (Å²) in [6.45, 7) is 7.35. The molecule has 0 aromatic heterocycles. The van der Waals surface area contributed by atoms with E-state index in [-0.39, 0.29) is 6.04 Å². The molecule has 16 heavy (non-hydrogen) atoms. The van der Waals surface area contributed by atoms with Gasteiger partial charge in [0.05, 0.1) is 0 Å². The molecule has 2 rings (SSSR count). The van der Waals surface area contributed by atoms with Gasteiger partial charge in [0.15, 0.2) is 0 Å². The molecule has 1 N–H and O–H groups in total. The summed E-state index contributed by atoms with van der Waals surface area (Å²) in [5.41, 5.74) is 0. The van der Waals surface area contributed by atoms with E-state index in [2.05, 4.69) is 16.7 Å². The lowest BCUT2D eigenvalue weighted by atomic mass is 10.0. The summed E-state index contributed by atoms with van der Waals surface area (Å²) in [6, 6.07) is -0.248. The third-order valence-corrected chi connectivity index (χ3v) is 3.96. The molecule has 2 saturated heterocycles. The summed E-state index contributed by atoms with van der Waals surface area (Å²) < 4.78 is 0. The predicted octanol–water partition coefficient (Wildman–Crippen LogP) is 0.877. The van der Waals surface area contributed by atoms with Crippen molar-refractivity contribution in [1.82, 2.24) is 9.80 Å². The van der Waals surface area contributed by atoms with E-state index in [1.165, 1.54) is 25.9 Å². The zero-order valence-electron chi connectivity index (χ0n) is 10.1. The van der Waals surface area contributed by atoms with Gasteiger partial charge in [-0.05, 0) is 44.8 Å². The van der Waals surface area contributed by atoms with Crippen LogP contribution in [0.3, 0.4) is 0 Å². The Kier molecular flexibility index (Phi) is 3.82. The summed E-state index contributed by atoms with van der Waals surface area (Å²) in [5, 5.41) is 9.19.